The highest BCUT2D eigenvalue weighted by Gasteiger charge is 2.23. The van der Waals surface area contributed by atoms with Gasteiger partial charge in [-0.15, -0.1) is 0 Å². The lowest BCUT2D eigenvalue weighted by molar-refractivity contribution is -0.129. The molecule has 0 fully saturated rings. The quantitative estimate of drug-likeness (QED) is 0.367. The Morgan fingerprint density at radius 1 is 0.857 bits per heavy atom. The van der Waals surface area contributed by atoms with E-state index in [-0.39, 0.29) is 24.8 Å². The second-order valence-corrected chi connectivity index (χ2v) is 8.46. The molecule has 1 atom stereocenters. The van der Waals surface area contributed by atoms with Crippen molar-refractivity contribution in [3.63, 3.8) is 0 Å². The number of benzene rings is 4. The maximum Gasteiger partial charge on any atom is 0.248 e. The lowest BCUT2D eigenvalue weighted by Gasteiger charge is -2.19. The van der Waals surface area contributed by atoms with Crippen molar-refractivity contribution in [2.45, 2.75) is 25.9 Å². The van der Waals surface area contributed by atoms with Crippen molar-refractivity contribution in [1.82, 2.24) is 10.6 Å². The van der Waals surface area contributed by atoms with Gasteiger partial charge in [-0.25, -0.2) is 0 Å². The van der Waals surface area contributed by atoms with Crippen molar-refractivity contribution >= 4 is 28.5 Å². The van der Waals surface area contributed by atoms with Crippen LogP contribution < -0.4 is 16.4 Å². The fourth-order valence-electron chi connectivity index (χ4n) is 4.18. The molecular weight excluding hydrogens is 438 g/mol. The molecule has 4 aromatic rings. The van der Waals surface area contributed by atoms with E-state index in [2.05, 4.69) is 10.6 Å². The summed E-state index contributed by atoms with van der Waals surface area (Å²) in [5, 5.41) is 7.89. The molecule has 6 heteroatoms. The highest BCUT2D eigenvalue weighted by atomic mass is 16.2. The van der Waals surface area contributed by atoms with Crippen molar-refractivity contribution in [2.24, 2.45) is 5.73 Å². The van der Waals surface area contributed by atoms with Crippen molar-refractivity contribution in [3.05, 3.63) is 119 Å². The molecule has 0 bridgehead atoms. The minimum Gasteiger partial charge on any atom is -0.366 e. The van der Waals surface area contributed by atoms with Crippen LogP contribution in [0.3, 0.4) is 0 Å². The standard InChI is InChI=1S/C29H27N3O3/c1-19-16-20(14-15-24(19)28(30)34)18-31-29(35)27(22-9-3-2-4-10-22)32-26(33)17-23-12-7-11-21-8-5-6-13-25(21)23/h2-16,27H,17-18H2,1H3,(H2,30,34)(H,31,35)(H,32,33). The van der Waals surface area contributed by atoms with Gasteiger partial charge in [0.1, 0.15) is 6.04 Å². The maximum absolute atomic E-state index is 13.2. The summed E-state index contributed by atoms with van der Waals surface area (Å²) >= 11 is 0. The van der Waals surface area contributed by atoms with Gasteiger partial charge in [-0.2, -0.15) is 0 Å². The highest BCUT2D eigenvalue weighted by Crippen LogP contribution is 2.20. The second-order valence-electron chi connectivity index (χ2n) is 8.46. The molecule has 0 aliphatic carbocycles. The van der Waals surface area contributed by atoms with Gasteiger partial charge in [-0.1, -0.05) is 84.9 Å². The van der Waals surface area contributed by atoms with Crippen LogP contribution in [0.15, 0.2) is 91.0 Å². The SMILES string of the molecule is Cc1cc(CNC(=O)C(NC(=O)Cc2cccc3ccccc23)c2ccccc2)ccc1C(N)=O. The van der Waals surface area contributed by atoms with E-state index < -0.39 is 11.9 Å². The number of nitrogens with two attached hydrogens (primary N) is 1. The zero-order valence-corrected chi connectivity index (χ0v) is 19.5. The molecule has 0 aliphatic rings. The Kier molecular flexibility index (Phi) is 7.21. The van der Waals surface area contributed by atoms with E-state index in [0.29, 0.717) is 11.1 Å². The molecule has 6 nitrogen and oxygen atoms in total. The van der Waals surface area contributed by atoms with E-state index in [1.54, 1.807) is 19.1 Å². The molecule has 0 radical (unpaired) electrons. The Bertz CT molecular complexity index is 1380. The average molecular weight is 466 g/mol. The van der Waals surface area contributed by atoms with Gasteiger partial charge in [0, 0.05) is 12.1 Å². The summed E-state index contributed by atoms with van der Waals surface area (Å²) in [6, 6.07) is 27.3. The molecule has 0 aliphatic heterocycles. The molecule has 0 aromatic heterocycles. The molecular formula is C29H27N3O3. The summed E-state index contributed by atoms with van der Waals surface area (Å²) in [7, 11) is 0. The molecule has 176 valence electrons. The number of primary amides is 1. The topological polar surface area (TPSA) is 101 Å². The van der Waals surface area contributed by atoms with Crippen LogP contribution >= 0.6 is 0 Å². The van der Waals surface area contributed by atoms with E-state index in [0.717, 1.165) is 27.5 Å². The minimum atomic E-state index is -0.843. The first-order chi connectivity index (χ1) is 16.9. The first-order valence-electron chi connectivity index (χ1n) is 11.4. The van der Waals surface area contributed by atoms with E-state index in [1.165, 1.54) is 0 Å². The Morgan fingerprint density at radius 2 is 1.57 bits per heavy atom. The van der Waals surface area contributed by atoms with Crippen LogP contribution in [0.1, 0.15) is 38.7 Å². The summed E-state index contributed by atoms with van der Waals surface area (Å²) in [5.74, 6) is -1.05. The van der Waals surface area contributed by atoms with Crippen LogP contribution in [0.25, 0.3) is 10.8 Å². The zero-order valence-electron chi connectivity index (χ0n) is 19.5. The molecule has 0 saturated carbocycles. The summed E-state index contributed by atoms with van der Waals surface area (Å²) in [6.45, 7) is 2.05. The molecule has 4 aromatic carbocycles. The van der Waals surface area contributed by atoms with Gasteiger partial charge in [-0.3, -0.25) is 14.4 Å². The lowest BCUT2D eigenvalue weighted by Crippen LogP contribution is -2.40. The van der Waals surface area contributed by atoms with Gasteiger partial charge in [0.05, 0.1) is 6.42 Å². The number of hydrogen-bond donors (Lipinski definition) is 3. The summed E-state index contributed by atoms with van der Waals surface area (Å²) < 4.78 is 0. The summed E-state index contributed by atoms with van der Waals surface area (Å²) in [4.78, 5) is 37.7. The van der Waals surface area contributed by atoms with Crippen molar-refractivity contribution in [1.29, 1.82) is 0 Å². The molecule has 35 heavy (non-hydrogen) atoms. The smallest absolute Gasteiger partial charge is 0.248 e. The predicted molar refractivity (Wildman–Crippen MR) is 137 cm³/mol. The number of amides is 3. The third-order valence-electron chi connectivity index (χ3n) is 5.95. The molecule has 0 saturated heterocycles. The molecule has 0 heterocycles. The van der Waals surface area contributed by atoms with E-state index in [9.17, 15) is 14.4 Å². The Labute approximate surface area is 204 Å². The highest BCUT2D eigenvalue weighted by molar-refractivity contribution is 5.94. The third kappa shape index (κ3) is 5.73. The second kappa shape index (κ2) is 10.7. The summed E-state index contributed by atoms with van der Waals surface area (Å²) in [6.07, 6.45) is 0.158. The van der Waals surface area contributed by atoms with Crippen molar-refractivity contribution in [3.8, 4) is 0 Å². The summed E-state index contributed by atoms with van der Waals surface area (Å²) in [5.41, 5.74) is 8.98. The van der Waals surface area contributed by atoms with Gasteiger partial charge in [0.2, 0.25) is 17.7 Å². The van der Waals surface area contributed by atoms with Gasteiger partial charge in [0.25, 0.3) is 0 Å². The number of hydrogen-bond acceptors (Lipinski definition) is 3. The van der Waals surface area contributed by atoms with E-state index in [1.807, 2.05) is 78.9 Å². The fraction of sp³-hybridized carbons (Fsp3) is 0.138. The lowest BCUT2D eigenvalue weighted by atomic mass is 10.0. The maximum atomic E-state index is 13.2. The van der Waals surface area contributed by atoms with E-state index >= 15 is 0 Å². The zero-order chi connectivity index (χ0) is 24.8. The number of carbonyl (C=O) groups is 3. The Hall–Kier alpha value is -4.45. The van der Waals surface area contributed by atoms with Gasteiger partial charge < -0.3 is 16.4 Å². The van der Waals surface area contributed by atoms with Crippen LogP contribution in [0, 0.1) is 6.92 Å². The van der Waals surface area contributed by atoms with Crippen LogP contribution in [-0.4, -0.2) is 17.7 Å². The Balaban J connectivity index is 1.49. The number of aryl methyl sites for hydroxylation is 1. The largest absolute Gasteiger partial charge is 0.366 e. The first-order valence-corrected chi connectivity index (χ1v) is 11.4. The van der Waals surface area contributed by atoms with Crippen molar-refractivity contribution < 1.29 is 14.4 Å². The van der Waals surface area contributed by atoms with E-state index in [4.69, 9.17) is 5.73 Å². The molecule has 1 unspecified atom stereocenters. The number of nitrogens with one attached hydrogen (secondary N) is 2. The molecule has 4 rings (SSSR count). The number of carbonyl (C=O) groups excluding carboxylic acids is 3. The normalized spacial score (nSPS) is 11.6. The monoisotopic (exact) mass is 465 g/mol. The fourth-order valence-corrected chi connectivity index (χ4v) is 4.18. The van der Waals surface area contributed by atoms with Gasteiger partial charge >= 0.3 is 0 Å². The van der Waals surface area contributed by atoms with Crippen molar-refractivity contribution in [2.75, 3.05) is 0 Å². The minimum absolute atomic E-state index is 0.158. The van der Waals surface area contributed by atoms with Gasteiger partial charge in [-0.05, 0) is 46.0 Å². The van der Waals surface area contributed by atoms with Crippen LogP contribution in [0.5, 0.6) is 0 Å². The number of fused-ring (bicyclic) bond motifs is 1. The number of rotatable bonds is 8. The average Bonchev–Trinajstić information content (AvgIpc) is 2.86. The Morgan fingerprint density at radius 3 is 2.31 bits per heavy atom. The van der Waals surface area contributed by atoms with Crippen LogP contribution in [-0.2, 0) is 22.6 Å². The predicted octanol–water partition coefficient (Wildman–Crippen LogP) is 3.96. The molecule has 3 amide bonds. The van der Waals surface area contributed by atoms with Gasteiger partial charge in [0.15, 0.2) is 0 Å². The third-order valence-corrected chi connectivity index (χ3v) is 5.95. The molecule has 0 spiro atoms. The molecule has 4 N–H and O–H groups in total. The van der Waals surface area contributed by atoms with Crippen LogP contribution in [0.4, 0.5) is 0 Å². The first kappa shape index (κ1) is 23.7. The van der Waals surface area contributed by atoms with Crippen LogP contribution in [0.2, 0.25) is 0 Å².